The first-order valence-electron chi connectivity index (χ1n) is 7.02. The summed E-state index contributed by atoms with van der Waals surface area (Å²) in [6.07, 6.45) is 0.728. The van der Waals surface area contributed by atoms with Crippen LogP contribution in [0.3, 0.4) is 0 Å². The Kier molecular flexibility index (Phi) is 5.92. The number of esters is 1. The summed E-state index contributed by atoms with van der Waals surface area (Å²) >= 11 is 1.39. The van der Waals surface area contributed by atoms with E-state index in [1.54, 1.807) is 24.3 Å². The van der Waals surface area contributed by atoms with E-state index in [1.165, 1.54) is 24.8 Å². The van der Waals surface area contributed by atoms with Crippen LogP contribution in [0, 0.1) is 11.6 Å². The predicted octanol–water partition coefficient (Wildman–Crippen LogP) is 3.87. The van der Waals surface area contributed by atoms with Crippen molar-refractivity contribution in [3.63, 3.8) is 0 Å². The first-order chi connectivity index (χ1) is 11.4. The zero-order chi connectivity index (χ0) is 17.7. The van der Waals surface area contributed by atoms with Crippen LogP contribution in [0.1, 0.15) is 17.3 Å². The van der Waals surface area contributed by atoms with Gasteiger partial charge in [0.25, 0.3) is 5.91 Å². The van der Waals surface area contributed by atoms with E-state index in [9.17, 15) is 18.4 Å². The molecule has 2 rings (SSSR count). The SMILES string of the molecule is CSc1ccccc1C(=O)O[C@H](C)C(=O)Nc1ccc(F)c(F)c1. The molecule has 0 spiro atoms. The molecular formula is C17H15F2NO3S. The number of carbonyl (C=O) groups excluding carboxylic acids is 2. The predicted molar refractivity (Wildman–Crippen MR) is 88.1 cm³/mol. The number of carbonyl (C=O) groups is 2. The Balaban J connectivity index is 2.03. The highest BCUT2D eigenvalue weighted by Crippen LogP contribution is 2.21. The number of hydrogen-bond acceptors (Lipinski definition) is 4. The maximum Gasteiger partial charge on any atom is 0.340 e. The van der Waals surface area contributed by atoms with E-state index < -0.39 is 29.6 Å². The maximum atomic E-state index is 13.1. The third kappa shape index (κ3) is 4.32. The molecule has 0 aliphatic carbocycles. The van der Waals surface area contributed by atoms with Crippen LogP contribution in [0.5, 0.6) is 0 Å². The van der Waals surface area contributed by atoms with Gasteiger partial charge in [-0.3, -0.25) is 4.79 Å². The minimum atomic E-state index is -1.10. The molecule has 1 atom stereocenters. The molecule has 0 aliphatic heterocycles. The van der Waals surface area contributed by atoms with E-state index in [2.05, 4.69) is 5.32 Å². The van der Waals surface area contributed by atoms with Crippen LogP contribution >= 0.6 is 11.8 Å². The first kappa shape index (κ1) is 17.9. The van der Waals surface area contributed by atoms with Crippen molar-refractivity contribution >= 4 is 29.3 Å². The van der Waals surface area contributed by atoms with Gasteiger partial charge in [0, 0.05) is 16.6 Å². The largest absolute Gasteiger partial charge is 0.449 e. The highest BCUT2D eigenvalue weighted by atomic mass is 32.2. The van der Waals surface area contributed by atoms with E-state index in [0.29, 0.717) is 5.56 Å². The number of ether oxygens (including phenoxy) is 1. The molecule has 0 bridgehead atoms. The second kappa shape index (κ2) is 7.92. The van der Waals surface area contributed by atoms with Crippen molar-refractivity contribution in [1.29, 1.82) is 0 Å². The molecule has 1 N–H and O–H groups in total. The zero-order valence-electron chi connectivity index (χ0n) is 13.0. The fourth-order valence-electron chi connectivity index (χ4n) is 1.91. The molecule has 2 aromatic rings. The van der Waals surface area contributed by atoms with Gasteiger partial charge in [-0.1, -0.05) is 12.1 Å². The van der Waals surface area contributed by atoms with E-state index in [4.69, 9.17) is 4.74 Å². The third-order valence-electron chi connectivity index (χ3n) is 3.17. The van der Waals surface area contributed by atoms with Gasteiger partial charge in [0.1, 0.15) is 0 Å². The molecule has 0 unspecified atom stereocenters. The van der Waals surface area contributed by atoms with Crippen molar-refractivity contribution in [2.75, 3.05) is 11.6 Å². The summed E-state index contributed by atoms with van der Waals surface area (Å²) in [5, 5.41) is 2.37. The van der Waals surface area contributed by atoms with Gasteiger partial charge in [-0.25, -0.2) is 13.6 Å². The van der Waals surface area contributed by atoms with Crippen LogP contribution in [0.15, 0.2) is 47.4 Å². The summed E-state index contributed by atoms with van der Waals surface area (Å²) in [4.78, 5) is 24.9. The van der Waals surface area contributed by atoms with E-state index in [0.717, 1.165) is 17.0 Å². The Labute approximate surface area is 142 Å². The monoisotopic (exact) mass is 351 g/mol. The summed E-state index contributed by atoms with van der Waals surface area (Å²) in [6.45, 7) is 1.40. The zero-order valence-corrected chi connectivity index (χ0v) is 13.8. The van der Waals surface area contributed by atoms with E-state index in [-0.39, 0.29) is 5.69 Å². The van der Waals surface area contributed by atoms with Crippen LogP contribution in [0.25, 0.3) is 0 Å². The Hall–Kier alpha value is -2.41. The number of halogens is 2. The minimum Gasteiger partial charge on any atom is -0.449 e. The molecule has 0 aliphatic rings. The van der Waals surface area contributed by atoms with Crippen molar-refractivity contribution in [1.82, 2.24) is 0 Å². The van der Waals surface area contributed by atoms with Crippen LogP contribution in [-0.4, -0.2) is 24.2 Å². The number of anilines is 1. The molecule has 2 aromatic carbocycles. The fourth-order valence-corrected chi connectivity index (χ4v) is 2.49. The molecular weight excluding hydrogens is 336 g/mol. The highest BCUT2D eigenvalue weighted by Gasteiger charge is 2.21. The Morgan fingerprint density at radius 3 is 2.50 bits per heavy atom. The molecule has 0 fully saturated rings. The van der Waals surface area contributed by atoms with Gasteiger partial charge in [-0.05, 0) is 37.4 Å². The standard InChI is InChI=1S/C17H15F2NO3S/c1-10(16(21)20-11-7-8-13(18)14(19)9-11)23-17(22)12-5-3-4-6-15(12)24-2/h3-10H,1-2H3,(H,20,21)/t10-/m1/s1. The lowest BCUT2D eigenvalue weighted by Gasteiger charge is -2.14. The lowest BCUT2D eigenvalue weighted by molar-refractivity contribution is -0.123. The minimum absolute atomic E-state index is 0.0753. The summed E-state index contributed by atoms with van der Waals surface area (Å²) in [5.74, 6) is -3.36. The number of nitrogens with one attached hydrogen (secondary N) is 1. The molecule has 0 heterocycles. The first-order valence-corrected chi connectivity index (χ1v) is 8.24. The molecule has 0 radical (unpaired) electrons. The molecule has 126 valence electrons. The van der Waals surface area contributed by atoms with Crippen molar-refractivity contribution < 1.29 is 23.1 Å². The third-order valence-corrected chi connectivity index (χ3v) is 3.96. The van der Waals surface area contributed by atoms with Gasteiger partial charge >= 0.3 is 5.97 Å². The smallest absolute Gasteiger partial charge is 0.340 e. The lowest BCUT2D eigenvalue weighted by Crippen LogP contribution is -2.30. The Morgan fingerprint density at radius 1 is 1.12 bits per heavy atom. The molecule has 0 saturated heterocycles. The van der Waals surface area contributed by atoms with Crippen molar-refractivity contribution in [3.8, 4) is 0 Å². The van der Waals surface area contributed by atoms with Crippen LogP contribution in [0.2, 0.25) is 0 Å². The summed E-state index contributed by atoms with van der Waals surface area (Å²) in [5.41, 5.74) is 0.434. The van der Waals surface area contributed by atoms with Crippen LogP contribution in [-0.2, 0) is 9.53 Å². The number of amides is 1. The number of rotatable bonds is 5. The number of benzene rings is 2. The average molecular weight is 351 g/mol. The molecule has 0 saturated carbocycles. The number of thioether (sulfide) groups is 1. The van der Waals surface area contributed by atoms with Gasteiger partial charge in [0.2, 0.25) is 0 Å². The van der Waals surface area contributed by atoms with Crippen molar-refractivity contribution in [3.05, 3.63) is 59.7 Å². The Morgan fingerprint density at radius 2 is 1.83 bits per heavy atom. The Bertz CT molecular complexity index is 767. The second-order valence-corrected chi connectivity index (χ2v) is 5.71. The van der Waals surface area contributed by atoms with Gasteiger partial charge in [-0.15, -0.1) is 11.8 Å². The lowest BCUT2D eigenvalue weighted by atomic mass is 10.2. The molecule has 24 heavy (non-hydrogen) atoms. The van der Waals surface area contributed by atoms with E-state index >= 15 is 0 Å². The average Bonchev–Trinajstić information content (AvgIpc) is 2.57. The highest BCUT2D eigenvalue weighted by molar-refractivity contribution is 7.98. The normalized spacial score (nSPS) is 11.7. The molecule has 0 aromatic heterocycles. The summed E-state index contributed by atoms with van der Waals surface area (Å²) < 4.78 is 31.1. The van der Waals surface area contributed by atoms with Crippen LogP contribution in [0.4, 0.5) is 14.5 Å². The summed E-state index contributed by atoms with van der Waals surface area (Å²) in [7, 11) is 0. The van der Waals surface area contributed by atoms with Crippen molar-refractivity contribution in [2.45, 2.75) is 17.9 Å². The van der Waals surface area contributed by atoms with Gasteiger partial charge < -0.3 is 10.1 Å². The summed E-state index contributed by atoms with van der Waals surface area (Å²) in [6, 6.07) is 9.83. The molecule has 1 amide bonds. The second-order valence-electron chi connectivity index (χ2n) is 4.87. The van der Waals surface area contributed by atoms with Gasteiger partial charge in [-0.2, -0.15) is 0 Å². The maximum absolute atomic E-state index is 13.1. The fraction of sp³-hybridized carbons (Fsp3) is 0.176. The molecule has 4 nitrogen and oxygen atoms in total. The van der Waals surface area contributed by atoms with Crippen molar-refractivity contribution in [2.24, 2.45) is 0 Å². The molecule has 7 heteroatoms. The van der Waals surface area contributed by atoms with Gasteiger partial charge in [0.05, 0.1) is 5.56 Å². The van der Waals surface area contributed by atoms with Gasteiger partial charge in [0.15, 0.2) is 17.7 Å². The quantitative estimate of drug-likeness (QED) is 0.656. The number of hydrogen-bond donors (Lipinski definition) is 1. The van der Waals surface area contributed by atoms with E-state index in [1.807, 2.05) is 6.26 Å². The topological polar surface area (TPSA) is 55.4 Å². The van der Waals surface area contributed by atoms with Crippen LogP contribution < -0.4 is 5.32 Å².